The van der Waals surface area contributed by atoms with Crippen molar-refractivity contribution in [3.63, 3.8) is 0 Å². The lowest BCUT2D eigenvalue weighted by atomic mass is 9.85. The number of nitrogens with zero attached hydrogens (tertiary/aromatic N) is 4. The lowest BCUT2D eigenvalue weighted by Gasteiger charge is -2.39. The summed E-state index contributed by atoms with van der Waals surface area (Å²) in [5.74, 6) is 1.41. The summed E-state index contributed by atoms with van der Waals surface area (Å²) in [6.45, 7) is 10.6. The SMILES string of the molecule is CC(C)N1CCN(CC2CCCC(Nc3ncc(Cl)c(-c4c[nH]c5ccccc45)n3)C2)CC1. The molecule has 1 aliphatic carbocycles. The first kappa shape index (κ1) is 22.6. The molecule has 3 aromatic rings. The zero-order valence-corrected chi connectivity index (χ0v) is 20.5. The maximum Gasteiger partial charge on any atom is 0.223 e. The number of aromatic amines is 1. The molecule has 0 radical (unpaired) electrons. The molecule has 3 heterocycles. The normalized spacial score (nSPS) is 22.8. The van der Waals surface area contributed by atoms with Gasteiger partial charge in [-0.15, -0.1) is 0 Å². The zero-order chi connectivity index (χ0) is 22.8. The summed E-state index contributed by atoms with van der Waals surface area (Å²) in [6, 6.07) is 9.30. The summed E-state index contributed by atoms with van der Waals surface area (Å²) < 4.78 is 0. The first-order valence-electron chi connectivity index (χ1n) is 12.4. The Labute approximate surface area is 201 Å². The maximum absolute atomic E-state index is 6.52. The Hall–Kier alpha value is -2.15. The number of nitrogens with one attached hydrogen (secondary N) is 2. The topological polar surface area (TPSA) is 60.1 Å². The molecule has 0 spiro atoms. The minimum Gasteiger partial charge on any atom is -0.360 e. The highest BCUT2D eigenvalue weighted by Crippen LogP contribution is 2.33. The lowest BCUT2D eigenvalue weighted by Crippen LogP contribution is -2.50. The van der Waals surface area contributed by atoms with Crippen LogP contribution < -0.4 is 5.32 Å². The molecule has 5 rings (SSSR count). The molecule has 2 aliphatic rings. The van der Waals surface area contributed by atoms with Gasteiger partial charge in [-0.3, -0.25) is 4.90 Å². The van der Waals surface area contributed by atoms with Gasteiger partial charge in [-0.05, 0) is 45.1 Å². The van der Waals surface area contributed by atoms with E-state index in [0.29, 0.717) is 23.1 Å². The number of H-pyrrole nitrogens is 1. The van der Waals surface area contributed by atoms with E-state index in [1.807, 2.05) is 18.3 Å². The van der Waals surface area contributed by atoms with Gasteiger partial charge in [0, 0.05) is 67.5 Å². The Kier molecular flexibility index (Phi) is 6.86. The molecule has 7 heteroatoms. The van der Waals surface area contributed by atoms with Gasteiger partial charge in [-0.1, -0.05) is 36.2 Å². The van der Waals surface area contributed by atoms with Gasteiger partial charge in [0.15, 0.2) is 0 Å². The van der Waals surface area contributed by atoms with Crippen LogP contribution in [-0.4, -0.2) is 69.6 Å². The van der Waals surface area contributed by atoms with Crippen molar-refractivity contribution in [1.29, 1.82) is 0 Å². The minimum absolute atomic E-state index is 0.415. The van der Waals surface area contributed by atoms with Gasteiger partial charge in [0.25, 0.3) is 0 Å². The Balaban J connectivity index is 1.23. The summed E-state index contributed by atoms with van der Waals surface area (Å²) in [5, 5.41) is 5.33. The van der Waals surface area contributed by atoms with E-state index in [-0.39, 0.29) is 0 Å². The van der Waals surface area contributed by atoms with Crippen molar-refractivity contribution < 1.29 is 0 Å². The molecule has 176 valence electrons. The largest absolute Gasteiger partial charge is 0.360 e. The van der Waals surface area contributed by atoms with Crippen LogP contribution in [-0.2, 0) is 0 Å². The number of piperazine rings is 1. The summed E-state index contributed by atoms with van der Waals surface area (Å²) in [7, 11) is 0. The van der Waals surface area contributed by atoms with Crippen molar-refractivity contribution in [3.05, 3.63) is 41.7 Å². The number of benzene rings is 1. The fourth-order valence-electron chi connectivity index (χ4n) is 5.49. The first-order valence-corrected chi connectivity index (χ1v) is 12.8. The van der Waals surface area contributed by atoms with Crippen LogP contribution in [0.3, 0.4) is 0 Å². The molecular weight excluding hydrogens is 432 g/mol. The molecule has 0 amide bonds. The highest BCUT2D eigenvalue weighted by atomic mass is 35.5. The second-order valence-electron chi connectivity index (χ2n) is 9.94. The monoisotopic (exact) mass is 466 g/mol. The fraction of sp³-hybridized carbons (Fsp3) is 0.538. The third-order valence-corrected chi connectivity index (χ3v) is 7.63. The van der Waals surface area contributed by atoms with Crippen LogP contribution in [0.2, 0.25) is 5.02 Å². The predicted octanol–water partition coefficient (Wildman–Crippen LogP) is 5.28. The number of hydrogen-bond acceptors (Lipinski definition) is 5. The number of para-hydroxylation sites is 1. The van der Waals surface area contributed by atoms with Crippen molar-refractivity contribution in [3.8, 4) is 11.3 Å². The second kappa shape index (κ2) is 10.00. The number of anilines is 1. The van der Waals surface area contributed by atoms with Gasteiger partial charge < -0.3 is 15.2 Å². The van der Waals surface area contributed by atoms with Crippen LogP contribution in [0, 0.1) is 5.92 Å². The van der Waals surface area contributed by atoms with Crippen LogP contribution in [0.4, 0.5) is 5.95 Å². The van der Waals surface area contributed by atoms with E-state index in [4.69, 9.17) is 16.6 Å². The molecule has 2 N–H and O–H groups in total. The Morgan fingerprint density at radius 2 is 1.97 bits per heavy atom. The third kappa shape index (κ3) is 5.18. The molecule has 1 aromatic carbocycles. The second-order valence-corrected chi connectivity index (χ2v) is 10.3. The maximum atomic E-state index is 6.52. The average Bonchev–Trinajstić information content (AvgIpc) is 3.25. The number of fused-ring (bicyclic) bond motifs is 1. The molecule has 1 saturated heterocycles. The Bertz CT molecular complexity index is 1070. The molecular formula is C26H35ClN6. The summed E-state index contributed by atoms with van der Waals surface area (Å²) in [5.41, 5.74) is 2.88. The summed E-state index contributed by atoms with van der Waals surface area (Å²) in [6.07, 6.45) is 8.65. The minimum atomic E-state index is 0.415. The number of aromatic nitrogens is 3. The lowest BCUT2D eigenvalue weighted by molar-refractivity contribution is 0.0900. The molecule has 2 fully saturated rings. The van der Waals surface area contributed by atoms with E-state index in [1.165, 1.54) is 58.4 Å². The highest BCUT2D eigenvalue weighted by molar-refractivity contribution is 6.33. The highest BCUT2D eigenvalue weighted by Gasteiger charge is 2.26. The van der Waals surface area contributed by atoms with E-state index in [0.717, 1.165) is 28.1 Å². The van der Waals surface area contributed by atoms with Crippen LogP contribution in [0.1, 0.15) is 39.5 Å². The van der Waals surface area contributed by atoms with Crippen molar-refractivity contribution in [1.82, 2.24) is 24.8 Å². The molecule has 2 unspecified atom stereocenters. The van der Waals surface area contributed by atoms with Gasteiger partial charge in [-0.2, -0.15) is 0 Å². The molecule has 2 aromatic heterocycles. The van der Waals surface area contributed by atoms with Crippen LogP contribution in [0.15, 0.2) is 36.7 Å². The van der Waals surface area contributed by atoms with Crippen molar-refractivity contribution in [2.75, 3.05) is 38.0 Å². The molecule has 2 atom stereocenters. The van der Waals surface area contributed by atoms with Crippen molar-refractivity contribution in [2.24, 2.45) is 5.92 Å². The average molecular weight is 467 g/mol. The zero-order valence-electron chi connectivity index (χ0n) is 19.7. The van der Waals surface area contributed by atoms with Crippen LogP contribution in [0.25, 0.3) is 22.2 Å². The Morgan fingerprint density at radius 3 is 2.79 bits per heavy atom. The molecule has 33 heavy (non-hydrogen) atoms. The van der Waals surface area contributed by atoms with Gasteiger partial charge >= 0.3 is 0 Å². The number of halogens is 1. The molecule has 1 saturated carbocycles. The van der Waals surface area contributed by atoms with Crippen LogP contribution in [0.5, 0.6) is 0 Å². The van der Waals surface area contributed by atoms with E-state index in [1.54, 1.807) is 6.20 Å². The van der Waals surface area contributed by atoms with Gasteiger partial charge in [-0.25, -0.2) is 9.97 Å². The smallest absolute Gasteiger partial charge is 0.223 e. The van der Waals surface area contributed by atoms with E-state index < -0.39 is 0 Å². The summed E-state index contributed by atoms with van der Waals surface area (Å²) >= 11 is 6.52. The van der Waals surface area contributed by atoms with Gasteiger partial charge in [0.1, 0.15) is 0 Å². The standard InChI is InChI=1S/C26H35ClN6/c1-18(2)33-12-10-32(11-13-33)17-19-6-5-7-20(14-19)30-26-29-16-23(27)25(31-26)22-15-28-24-9-4-3-8-21(22)24/h3-4,8-9,15-16,18-20,28H,5-7,10-14,17H2,1-2H3,(H,29,30,31). The first-order chi connectivity index (χ1) is 16.1. The quantitative estimate of drug-likeness (QED) is 0.517. The van der Waals surface area contributed by atoms with E-state index >= 15 is 0 Å². The van der Waals surface area contributed by atoms with E-state index in [9.17, 15) is 0 Å². The van der Waals surface area contributed by atoms with Crippen LogP contribution >= 0.6 is 11.6 Å². The summed E-state index contributed by atoms with van der Waals surface area (Å²) in [4.78, 5) is 17.9. The van der Waals surface area contributed by atoms with Gasteiger partial charge in [0.05, 0.1) is 16.9 Å². The third-order valence-electron chi connectivity index (χ3n) is 7.36. The molecule has 0 bridgehead atoms. The predicted molar refractivity (Wildman–Crippen MR) is 137 cm³/mol. The number of rotatable bonds is 6. The van der Waals surface area contributed by atoms with Crippen molar-refractivity contribution >= 4 is 28.5 Å². The molecule has 6 nitrogen and oxygen atoms in total. The Morgan fingerprint density at radius 1 is 1.15 bits per heavy atom. The van der Waals surface area contributed by atoms with Gasteiger partial charge in [0.2, 0.25) is 5.95 Å². The van der Waals surface area contributed by atoms with Crippen molar-refractivity contribution in [2.45, 2.75) is 51.6 Å². The van der Waals surface area contributed by atoms with E-state index in [2.05, 4.69) is 51.1 Å². The fourth-order valence-corrected chi connectivity index (χ4v) is 5.68. The number of hydrogen-bond donors (Lipinski definition) is 2. The molecule has 1 aliphatic heterocycles.